The van der Waals surface area contributed by atoms with Crippen molar-refractivity contribution in [2.75, 3.05) is 25.5 Å². The minimum absolute atomic E-state index is 0.0729. The van der Waals surface area contributed by atoms with Crippen LogP contribution in [0.3, 0.4) is 0 Å². The SMILES string of the molecule is CCN(CC)C(=O)c1cc(Br)cc(C)c1NC. The number of nitrogens with one attached hydrogen (secondary N) is 1. The lowest BCUT2D eigenvalue weighted by molar-refractivity contribution is 0.0774. The van der Waals surface area contributed by atoms with Crippen molar-refractivity contribution in [3.63, 3.8) is 0 Å². The number of rotatable bonds is 4. The van der Waals surface area contributed by atoms with Crippen molar-refractivity contribution in [1.29, 1.82) is 0 Å². The molecule has 0 fully saturated rings. The van der Waals surface area contributed by atoms with E-state index in [2.05, 4.69) is 21.2 Å². The second kappa shape index (κ2) is 6.05. The fraction of sp³-hybridized carbons (Fsp3) is 0.462. The second-order valence-electron chi connectivity index (χ2n) is 3.87. The Morgan fingerprint density at radius 2 is 1.94 bits per heavy atom. The number of halogens is 1. The van der Waals surface area contributed by atoms with Crippen LogP contribution in [0.4, 0.5) is 5.69 Å². The first-order valence-electron chi connectivity index (χ1n) is 5.82. The monoisotopic (exact) mass is 298 g/mol. The predicted molar refractivity (Wildman–Crippen MR) is 75.7 cm³/mol. The van der Waals surface area contributed by atoms with Crippen LogP contribution in [0.25, 0.3) is 0 Å². The third kappa shape index (κ3) is 3.00. The molecule has 0 aliphatic heterocycles. The Balaban J connectivity index is 3.24. The van der Waals surface area contributed by atoms with Crippen LogP contribution in [0, 0.1) is 6.92 Å². The van der Waals surface area contributed by atoms with Gasteiger partial charge in [-0.25, -0.2) is 0 Å². The molecule has 0 saturated heterocycles. The molecule has 1 aromatic rings. The fourth-order valence-corrected chi connectivity index (χ4v) is 2.50. The van der Waals surface area contributed by atoms with Gasteiger partial charge in [-0.05, 0) is 38.5 Å². The van der Waals surface area contributed by atoms with Crippen LogP contribution in [0.5, 0.6) is 0 Å². The van der Waals surface area contributed by atoms with Gasteiger partial charge in [0.25, 0.3) is 5.91 Å². The molecule has 0 atom stereocenters. The van der Waals surface area contributed by atoms with Crippen molar-refractivity contribution in [2.24, 2.45) is 0 Å². The molecule has 94 valence electrons. The summed E-state index contributed by atoms with van der Waals surface area (Å²) in [5.41, 5.74) is 2.70. The zero-order valence-electron chi connectivity index (χ0n) is 10.8. The molecule has 0 aliphatic rings. The first-order valence-corrected chi connectivity index (χ1v) is 6.61. The molecule has 17 heavy (non-hydrogen) atoms. The van der Waals surface area contributed by atoms with Crippen LogP contribution in [0.2, 0.25) is 0 Å². The van der Waals surface area contributed by atoms with Gasteiger partial charge in [-0.3, -0.25) is 4.79 Å². The lowest BCUT2D eigenvalue weighted by Gasteiger charge is -2.21. The van der Waals surface area contributed by atoms with Crippen molar-refractivity contribution in [2.45, 2.75) is 20.8 Å². The average Bonchev–Trinajstić information content (AvgIpc) is 2.29. The highest BCUT2D eigenvalue weighted by molar-refractivity contribution is 9.10. The highest BCUT2D eigenvalue weighted by Gasteiger charge is 2.18. The molecule has 1 aromatic carbocycles. The standard InChI is InChI=1S/C13H19BrN2O/c1-5-16(6-2)13(17)11-8-10(14)7-9(3)12(11)15-4/h7-8,15H,5-6H2,1-4H3. The minimum Gasteiger partial charge on any atom is -0.387 e. The van der Waals surface area contributed by atoms with Crippen molar-refractivity contribution in [1.82, 2.24) is 4.90 Å². The maximum atomic E-state index is 12.4. The van der Waals surface area contributed by atoms with Gasteiger partial charge in [0.2, 0.25) is 0 Å². The van der Waals surface area contributed by atoms with Gasteiger partial charge in [-0.1, -0.05) is 15.9 Å². The van der Waals surface area contributed by atoms with Gasteiger partial charge in [0, 0.05) is 30.3 Å². The number of carbonyl (C=O) groups excluding carboxylic acids is 1. The minimum atomic E-state index is 0.0729. The molecule has 0 radical (unpaired) electrons. The zero-order valence-corrected chi connectivity index (χ0v) is 12.4. The summed E-state index contributed by atoms with van der Waals surface area (Å²) in [5, 5.41) is 3.11. The van der Waals surface area contributed by atoms with Crippen LogP contribution in [0.15, 0.2) is 16.6 Å². The molecular weight excluding hydrogens is 280 g/mol. The highest BCUT2D eigenvalue weighted by Crippen LogP contribution is 2.26. The smallest absolute Gasteiger partial charge is 0.255 e. The normalized spacial score (nSPS) is 10.2. The molecule has 0 bridgehead atoms. The van der Waals surface area contributed by atoms with Gasteiger partial charge in [-0.15, -0.1) is 0 Å². The number of benzene rings is 1. The maximum absolute atomic E-state index is 12.4. The van der Waals surface area contributed by atoms with E-state index in [0.717, 1.165) is 34.4 Å². The first-order chi connectivity index (χ1) is 8.04. The Bertz CT molecular complexity index is 414. The van der Waals surface area contributed by atoms with Crippen molar-refractivity contribution < 1.29 is 4.79 Å². The van der Waals surface area contributed by atoms with Crippen LogP contribution in [-0.2, 0) is 0 Å². The lowest BCUT2D eigenvalue weighted by atomic mass is 10.1. The summed E-state index contributed by atoms with van der Waals surface area (Å²) in [6.07, 6.45) is 0. The van der Waals surface area contributed by atoms with E-state index in [4.69, 9.17) is 0 Å². The molecule has 0 saturated carbocycles. The van der Waals surface area contributed by atoms with Crippen LogP contribution >= 0.6 is 15.9 Å². The lowest BCUT2D eigenvalue weighted by Crippen LogP contribution is -2.31. The van der Waals surface area contributed by atoms with Crippen molar-refractivity contribution in [3.05, 3.63) is 27.7 Å². The third-order valence-electron chi connectivity index (χ3n) is 2.83. The Kier molecular flexibility index (Phi) is 5.00. The van der Waals surface area contributed by atoms with E-state index >= 15 is 0 Å². The first kappa shape index (κ1) is 14.0. The fourth-order valence-electron chi connectivity index (χ4n) is 1.92. The molecule has 4 heteroatoms. The molecule has 1 rings (SSSR count). The number of amides is 1. The summed E-state index contributed by atoms with van der Waals surface area (Å²) in [7, 11) is 1.84. The molecule has 0 aliphatic carbocycles. The van der Waals surface area contributed by atoms with E-state index < -0.39 is 0 Å². The van der Waals surface area contributed by atoms with Gasteiger partial charge >= 0.3 is 0 Å². The predicted octanol–water partition coefficient (Wildman–Crippen LogP) is 3.28. The molecule has 0 aromatic heterocycles. The number of anilines is 1. The maximum Gasteiger partial charge on any atom is 0.255 e. The van der Waals surface area contributed by atoms with Gasteiger partial charge in [0.1, 0.15) is 0 Å². The summed E-state index contributed by atoms with van der Waals surface area (Å²) in [6, 6.07) is 3.88. The largest absolute Gasteiger partial charge is 0.387 e. The molecule has 1 amide bonds. The number of hydrogen-bond donors (Lipinski definition) is 1. The summed E-state index contributed by atoms with van der Waals surface area (Å²) in [4.78, 5) is 14.2. The van der Waals surface area contributed by atoms with Crippen LogP contribution < -0.4 is 5.32 Å². The number of aryl methyl sites for hydroxylation is 1. The summed E-state index contributed by atoms with van der Waals surface area (Å²) in [5.74, 6) is 0.0729. The number of carbonyl (C=O) groups is 1. The molecule has 0 unspecified atom stereocenters. The third-order valence-corrected chi connectivity index (χ3v) is 3.29. The summed E-state index contributed by atoms with van der Waals surface area (Å²) in [6.45, 7) is 7.43. The Hall–Kier alpha value is -1.03. The summed E-state index contributed by atoms with van der Waals surface area (Å²) >= 11 is 3.44. The van der Waals surface area contributed by atoms with Crippen LogP contribution in [0.1, 0.15) is 29.8 Å². The Labute approximate surface area is 111 Å². The van der Waals surface area contributed by atoms with Gasteiger partial charge in [0.15, 0.2) is 0 Å². The van der Waals surface area contributed by atoms with E-state index in [1.807, 2.05) is 44.9 Å². The van der Waals surface area contributed by atoms with E-state index in [1.165, 1.54) is 0 Å². The van der Waals surface area contributed by atoms with Crippen molar-refractivity contribution in [3.8, 4) is 0 Å². The van der Waals surface area contributed by atoms with Gasteiger partial charge in [-0.2, -0.15) is 0 Å². The van der Waals surface area contributed by atoms with Crippen molar-refractivity contribution >= 4 is 27.5 Å². The molecule has 0 spiro atoms. The Morgan fingerprint density at radius 1 is 1.35 bits per heavy atom. The molecular formula is C13H19BrN2O. The number of nitrogens with zero attached hydrogens (tertiary/aromatic N) is 1. The van der Waals surface area contributed by atoms with E-state index in [1.54, 1.807) is 0 Å². The quantitative estimate of drug-likeness (QED) is 0.925. The molecule has 1 N–H and O–H groups in total. The van der Waals surface area contributed by atoms with Gasteiger partial charge in [0.05, 0.1) is 5.56 Å². The Morgan fingerprint density at radius 3 is 2.41 bits per heavy atom. The van der Waals surface area contributed by atoms with E-state index in [0.29, 0.717) is 0 Å². The zero-order chi connectivity index (χ0) is 13.0. The topological polar surface area (TPSA) is 32.3 Å². The number of hydrogen-bond acceptors (Lipinski definition) is 2. The summed E-state index contributed by atoms with van der Waals surface area (Å²) < 4.78 is 0.935. The molecule has 0 heterocycles. The average molecular weight is 299 g/mol. The van der Waals surface area contributed by atoms with Gasteiger partial charge < -0.3 is 10.2 Å². The molecule has 3 nitrogen and oxygen atoms in total. The highest BCUT2D eigenvalue weighted by atomic mass is 79.9. The van der Waals surface area contributed by atoms with Crippen LogP contribution in [-0.4, -0.2) is 30.9 Å². The van der Waals surface area contributed by atoms with E-state index in [9.17, 15) is 4.79 Å². The second-order valence-corrected chi connectivity index (χ2v) is 4.79. The van der Waals surface area contributed by atoms with E-state index in [-0.39, 0.29) is 5.91 Å².